The van der Waals surface area contributed by atoms with Crippen molar-refractivity contribution in [1.82, 2.24) is 19.8 Å². The number of likely N-dealkylation sites (tertiary alicyclic amines) is 1. The number of carbonyl (C=O) groups excluding carboxylic acids is 1. The van der Waals surface area contributed by atoms with Gasteiger partial charge in [-0.15, -0.1) is 0 Å². The van der Waals surface area contributed by atoms with E-state index in [4.69, 9.17) is 4.52 Å². The molecule has 186 valence electrons. The molecule has 35 heavy (non-hydrogen) atoms. The van der Waals surface area contributed by atoms with Gasteiger partial charge < -0.3 is 9.42 Å². The molecule has 1 aliphatic heterocycles. The number of nitrogens with one attached hydrogen (secondary N) is 1. The molecule has 1 aromatic heterocycles. The number of rotatable bonds is 7. The highest BCUT2D eigenvalue weighted by Gasteiger charge is 2.34. The Balaban J connectivity index is 1.41. The summed E-state index contributed by atoms with van der Waals surface area (Å²) in [7, 11) is -3.82. The zero-order valence-electron chi connectivity index (χ0n) is 20.6. The van der Waals surface area contributed by atoms with Crippen molar-refractivity contribution < 1.29 is 17.7 Å². The van der Waals surface area contributed by atoms with E-state index in [1.165, 1.54) is 0 Å². The summed E-state index contributed by atoms with van der Waals surface area (Å²) in [5.41, 5.74) is 2.95. The van der Waals surface area contributed by atoms with E-state index in [9.17, 15) is 13.2 Å². The number of aromatic nitrogens is 2. The molecule has 1 unspecified atom stereocenters. The summed E-state index contributed by atoms with van der Waals surface area (Å²) in [6, 6.07) is 13.6. The first-order chi connectivity index (χ1) is 16.7. The molecule has 1 aliphatic rings. The lowest BCUT2D eigenvalue weighted by Gasteiger charge is -2.34. The van der Waals surface area contributed by atoms with Gasteiger partial charge in [0.2, 0.25) is 15.9 Å². The summed E-state index contributed by atoms with van der Waals surface area (Å²) >= 11 is 0. The van der Waals surface area contributed by atoms with Crippen LogP contribution in [0, 0.1) is 19.8 Å². The zero-order chi connectivity index (χ0) is 25.2. The molecule has 8 nitrogen and oxygen atoms in total. The average Bonchev–Trinajstić information content (AvgIpc) is 3.33. The maximum Gasteiger partial charge on any atom is 0.258 e. The second-order valence-electron chi connectivity index (χ2n) is 9.53. The van der Waals surface area contributed by atoms with E-state index in [1.54, 1.807) is 29.2 Å². The third kappa shape index (κ3) is 5.62. The lowest BCUT2D eigenvalue weighted by molar-refractivity contribution is -0.135. The van der Waals surface area contributed by atoms with Crippen molar-refractivity contribution in [2.75, 3.05) is 13.1 Å². The largest absolute Gasteiger partial charge is 0.341 e. The van der Waals surface area contributed by atoms with Crippen LogP contribution in [0.25, 0.3) is 11.5 Å². The minimum Gasteiger partial charge on any atom is -0.341 e. The lowest BCUT2D eigenvalue weighted by Crippen LogP contribution is -2.52. The predicted molar refractivity (Wildman–Crippen MR) is 133 cm³/mol. The van der Waals surface area contributed by atoms with Crippen molar-refractivity contribution in [1.29, 1.82) is 0 Å². The van der Waals surface area contributed by atoms with Gasteiger partial charge in [0.25, 0.3) is 5.89 Å². The van der Waals surface area contributed by atoms with Crippen LogP contribution in [0.2, 0.25) is 0 Å². The van der Waals surface area contributed by atoms with Gasteiger partial charge in [-0.1, -0.05) is 54.9 Å². The molecule has 1 fully saturated rings. The van der Waals surface area contributed by atoms with Crippen molar-refractivity contribution >= 4 is 15.9 Å². The molecule has 9 heteroatoms. The van der Waals surface area contributed by atoms with E-state index >= 15 is 0 Å². The first-order valence-electron chi connectivity index (χ1n) is 11.9. The summed E-state index contributed by atoms with van der Waals surface area (Å²) in [6.45, 7) is 8.60. The van der Waals surface area contributed by atoms with Gasteiger partial charge in [-0.2, -0.15) is 9.71 Å². The molecule has 0 spiro atoms. The van der Waals surface area contributed by atoms with Gasteiger partial charge in [0.1, 0.15) is 6.04 Å². The summed E-state index contributed by atoms with van der Waals surface area (Å²) in [5, 5.41) is 4.20. The molecule has 1 saturated heterocycles. The van der Waals surface area contributed by atoms with Gasteiger partial charge >= 0.3 is 0 Å². The molecule has 0 aliphatic carbocycles. The fraction of sp³-hybridized carbons (Fsp3) is 0.423. The van der Waals surface area contributed by atoms with Crippen LogP contribution in [0.1, 0.15) is 49.6 Å². The number of benzene rings is 2. The van der Waals surface area contributed by atoms with E-state index in [1.807, 2.05) is 52.0 Å². The van der Waals surface area contributed by atoms with Crippen LogP contribution in [0.15, 0.2) is 57.9 Å². The van der Waals surface area contributed by atoms with E-state index < -0.39 is 16.1 Å². The van der Waals surface area contributed by atoms with E-state index in [-0.39, 0.29) is 22.6 Å². The van der Waals surface area contributed by atoms with Crippen LogP contribution in [0.5, 0.6) is 0 Å². The van der Waals surface area contributed by atoms with Crippen LogP contribution in [-0.4, -0.2) is 48.5 Å². The number of nitrogens with zero attached hydrogens (tertiary/aromatic N) is 3. The SMILES string of the molecule is Cc1ccc(S(=O)(=O)NC(C(=O)N2CCC(c3noc(-c4ccccc4C)n3)CC2)C(C)C)cc1. The molecule has 0 bridgehead atoms. The van der Waals surface area contributed by atoms with E-state index in [0.717, 1.165) is 16.7 Å². The number of piperidine rings is 1. The van der Waals surface area contributed by atoms with Gasteiger partial charge in [0.05, 0.1) is 4.90 Å². The second-order valence-corrected chi connectivity index (χ2v) is 11.2. The fourth-order valence-corrected chi connectivity index (χ4v) is 5.64. The molecular weight excluding hydrogens is 464 g/mol. The molecule has 1 atom stereocenters. The normalized spacial score (nSPS) is 16.0. The Morgan fingerprint density at radius 3 is 2.34 bits per heavy atom. The summed E-state index contributed by atoms with van der Waals surface area (Å²) < 4.78 is 34.0. The third-order valence-corrected chi connectivity index (χ3v) is 7.99. The van der Waals surface area contributed by atoms with Crippen molar-refractivity contribution in [2.45, 2.75) is 57.4 Å². The standard InChI is InChI=1S/C26H32N4O4S/c1-17(2)23(29-35(32,33)21-11-9-18(3)10-12-21)26(31)30-15-13-20(14-16-30)24-27-25(34-28-24)22-8-6-5-7-19(22)4/h5-12,17,20,23,29H,13-16H2,1-4H3. The number of aryl methyl sites for hydroxylation is 2. The number of hydrogen-bond acceptors (Lipinski definition) is 6. The minimum atomic E-state index is -3.82. The number of amides is 1. The second kappa shape index (κ2) is 10.3. The number of carbonyl (C=O) groups is 1. The maximum absolute atomic E-state index is 13.3. The van der Waals surface area contributed by atoms with Crippen molar-refractivity contribution in [3.8, 4) is 11.5 Å². The summed E-state index contributed by atoms with van der Waals surface area (Å²) in [5.74, 6) is 0.831. The predicted octanol–water partition coefficient (Wildman–Crippen LogP) is 4.06. The fourth-order valence-electron chi connectivity index (χ4n) is 4.30. The molecule has 0 saturated carbocycles. The molecule has 1 N–H and O–H groups in total. The van der Waals surface area contributed by atoms with E-state index in [0.29, 0.717) is 37.6 Å². The zero-order valence-corrected chi connectivity index (χ0v) is 21.4. The number of sulfonamides is 1. The highest BCUT2D eigenvalue weighted by atomic mass is 32.2. The molecule has 3 aromatic rings. The topological polar surface area (TPSA) is 105 Å². The molecule has 4 rings (SSSR count). The number of hydrogen-bond donors (Lipinski definition) is 1. The van der Waals surface area contributed by atoms with Gasteiger partial charge in [0, 0.05) is 24.6 Å². The summed E-state index contributed by atoms with van der Waals surface area (Å²) in [6.07, 6.45) is 1.38. The molecule has 1 amide bonds. The Kier molecular flexibility index (Phi) is 7.37. The maximum atomic E-state index is 13.3. The minimum absolute atomic E-state index is 0.0855. The first-order valence-corrected chi connectivity index (χ1v) is 13.4. The molecule has 2 aromatic carbocycles. The van der Waals surface area contributed by atoms with Gasteiger partial charge in [0.15, 0.2) is 5.82 Å². The Morgan fingerprint density at radius 1 is 1.06 bits per heavy atom. The molecule has 2 heterocycles. The Labute approximate surface area is 206 Å². The van der Waals surface area contributed by atoms with Crippen LogP contribution < -0.4 is 4.72 Å². The molecule has 0 radical (unpaired) electrons. The van der Waals surface area contributed by atoms with Gasteiger partial charge in [-0.3, -0.25) is 4.79 Å². The highest BCUT2D eigenvalue weighted by Crippen LogP contribution is 2.29. The smallest absolute Gasteiger partial charge is 0.258 e. The Hall–Kier alpha value is -3.04. The van der Waals surface area contributed by atoms with Crippen LogP contribution >= 0.6 is 0 Å². The van der Waals surface area contributed by atoms with Crippen LogP contribution in [0.3, 0.4) is 0 Å². The Morgan fingerprint density at radius 2 is 1.71 bits per heavy atom. The average molecular weight is 497 g/mol. The molecular formula is C26H32N4O4S. The van der Waals surface area contributed by atoms with Gasteiger partial charge in [-0.25, -0.2) is 8.42 Å². The summed E-state index contributed by atoms with van der Waals surface area (Å²) in [4.78, 5) is 19.8. The van der Waals surface area contributed by atoms with Crippen molar-refractivity contribution in [3.05, 3.63) is 65.5 Å². The van der Waals surface area contributed by atoms with Crippen molar-refractivity contribution in [3.63, 3.8) is 0 Å². The van der Waals surface area contributed by atoms with E-state index in [2.05, 4.69) is 14.9 Å². The van der Waals surface area contributed by atoms with Crippen LogP contribution in [0.4, 0.5) is 0 Å². The third-order valence-electron chi connectivity index (χ3n) is 6.54. The lowest BCUT2D eigenvalue weighted by atomic mass is 9.94. The quantitative estimate of drug-likeness (QED) is 0.529. The monoisotopic (exact) mass is 496 g/mol. The van der Waals surface area contributed by atoms with Crippen molar-refractivity contribution in [2.24, 2.45) is 5.92 Å². The Bertz CT molecular complexity index is 1280. The first kappa shape index (κ1) is 25.1. The van der Waals surface area contributed by atoms with Gasteiger partial charge in [-0.05, 0) is 56.4 Å². The highest BCUT2D eigenvalue weighted by molar-refractivity contribution is 7.89. The van der Waals surface area contributed by atoms with Crippen LogP contribution in [-0.2, 0) is 14.8 Å².